The molecule has 0 aliphatic rings. The fourth-order valence-electron chi connectivity index (χ4n) is 1.93. The largest absolute Gasteiger partial charge is 0.365 e. The number of hydrogen-bond donors (Lipinski definition) is 2. The second-order valence-corrected chi connectivity index (χ2v) is 8.01. The summed E-state index contributed by atoms with van der Waals surface area (Å²) in [5.41, 5.74) is 6.98. The fourth-order valence-corrected chi connectivity index (χ4v) is 3.60. The minimum absolute atomic E-state index is 0.333. The Balaban J connectivity index is 2.57. The number of nitrogens with one attached hydrogen (secondary N) is 1. The third-order valence-corrected chi connectivity index (χ3v) is 4.48. The van der Waals surface area contributed by atoms with Gasteiger partial charge in [0.2, 0.25) is 10.0 Å². The summed E-state index contributed by atoms with van der Waals surface area (Å²) in [7, 11) is -3.41. The highest BCUT2D eigenvalue weighted by Crippen LogP contribution is 2.34. The summed E-state index contributed by atoms with van der Waals surface area (Å²) in [5, 5.41) is 0.359. The number of halogens is 1. The van der Waals surface area contributed by atoms with Crippen molar-refractivity contribution < 1.29 is 13.2 Å². The van der Waals surface area contributed by atoms with Crippen LogP contribution in [0.3, 0.4) is 0 Å². The van der Waals surface area contributed by atoms with E-state index < -0.39 is 15.9 Å². The Bertz CT molecular complexity index is 813. The van der Waals surface area contributed by atoms with Crippen LogP contribution >= 0.6 is 22.9 Å². The Kier molecular flexibility index (Phi) is 4.27. The number of thiophene rings is 1. The van der Waals surface area contributed by atoms with Gasteiger partial charge in [0.05, 0.1) is 16.8 Å². The molecule has 21 heavy (non-hydrogen) atoms. The van der Waals surface area contributed by atoms with Gasteiger partial charge in [0.15, 0.2) is 0 Å². The molecule has 2 rings (SSSR count). The molecule has 112 valence electrons. The molecule has 1 amide bonds. The normalized spacial score (nSPS) is 11.4. The number of aryl methyl sites for hydroxylation is 1. The van der Waals surface area contributed by atoms with Crippen molar-refractivity contribution in [2.45, 2.75) is 6.92 Å². The number of benzene rings is 1. The number of carbonyl (C=O) groups excluding carboxylic acids is 1. The SMILES string of the molecule is Cc1cc(-c2cc(Cl)cc(NS(C)(=O)=O)c2)c(C(N)=O)s1. The van der Waals surface area contributed by atoms with Crippen molar-refractivity contribution in [1.29, 1.82) is 0 Å². The van der Waals surface area contributed by atoms with E-state index in [9.17, 15) is 13.2 Å². The molecule has 1 aromatic carbocycles. The highest BCUT2D eigenvalue weighted by Gasteiger charge is 2.15. The number of amides is 1. The molecule has 0 saturated heterocycles. The van der Waals surface area contributed by atoms with Gasteiger partial charge in [-0.2, -0.15) is 0 Å². The van der Waals surface area contributed by atoms with Crippen LogP contribution in [-0.2, 0) is 10.0 Å². The van der Waals surface area contributed by atoms with Gasteiger partial charge in [-0.1, -0.05) is 11.6 Å². The molecule has 0 unspecified atom stereocenters. The van der Waals surface area contributed by atoms with E-state index >= 15 is 0 Å². The Morgan fingerprint density at radius 2 is 1.95 bits per heavy atom. The quantitative estimate of drug-likeness (QED) is 0.893. The van der Waals surface area contributed by atoms with Crippen LogP contribution < -0.4 is 10.5 Å². The molecule has 0 aliphatic carbocycles. The molecule has 5 nitrogen and oxygen atoms in total. The zero-order valence-electron chi connectivity index (χ0n) is 11.3. The molecule has 2 aromatic rings. The minimum atomic E-state index is -3.41. The summed E-state index contributed by atoms with van der Waals surface area (Å²) in [6, 6.07) is 6.58. The Morgan fingerprint density at radius 1 is 1.29 bits per heavy atom. The lowest BCUT2D eigenvalue weighted by Crippen LogP contribution is -2.10. The van der Waals surface area contributed by atoms with Crippen molar-refractivity contribution in [1.82, 2.24) is 0 Å². The number of sulfonamides is 1. The molecule has 0 spiro atoms. The summed E-state index contributed by atoms with van der Waals surface area (Å²) in [5.74, 6) is -0.527. The fraction of sp³-hybridized carbons (Fsp3) is 0.154. The lowest BCUT2D eigenvalue weighted by Gasteiger charge is -2.08. The first-order valence-electron chi connectivity index (χ1n) is 5.85. The van der Waals surface area contributed by atoms with E-state index in [0.29, 0.717) is 26.7 Å². The molecular formula is C13H13ClN2O3S2. The van der Waals surface area contributed by atoms with Gasteiger partial charge in [-0.3, -0.25) is 9.52 Å². The van der Waals surface area contributed by atoms with Gasteiger partial charge in [0.25, 0.3) is 5.91 Å². The highest BCUT2D eigenvalue weighted by molar-refractivity contribution is 7.92. The zero-order valence-corrected chi connectivity index (χ0v) is 13.7. The van der Waals surface area contributed by atoms with Gasteiger partial charge in [-0.15, -0.1) is 11.3 Å². The summed E-state index contributed by atoms with van der Waals surface area (Å²) < 4.78 is 25.0. The average Bonchev–Trinajstić information content (AvgIpc) is 2.68. The molecule has 0 radical (unpaired) electrons. The lowest BCUT2D eigenvalue weighted by molar-refractivity contribution is 0.100. The van der Waals surface area contributed by atoms with Gasteiger partial charge in [0.1, 0.15) is 0 Å². The number of anilines is 1. The monoisotopic (exact) mass is 344 g/mol. The Labute approximate surface area is 131 Å². The number of primary amides is 1. The van der Waals surface area contributed by atoms with E-state index in [1.807, 2.05) is 13.0 Å². The lowest BCUT2D eigenvalue weighted by atomic mass is 10.1. The first kappa shape index (κ1) is 15.8. The summed E-state index contributed by atoms with van der Waals surface area (Å²) in [6.45, 7) is 1.86. The van der Waals surface area contributed by atoms with Crippen LogP contribution in [0.2, 0.25) is 5.02 Å². The maximum Gasteiger partial charge on any atom is 0.259 e. The van der Waals surface area contributed by atoms with E-state index in [2.05, 4.69) is 4.72 Å². The first-order valence-corrected chi connectivity index (χ1v) is 8.93. The van der Waals surface area contributed by atoms with E-state index in [0.717, 1.165) is 11.1 Å². The second kappa shape index (κ2) is 5.67. The predicted octanol–water partition coefficient (Wildman–Crippen LogP) is 2.85. The van der Waals surface area contributed by atoms with Gasteiger partial charge < -0.3 is 5.73 Å². The number of hydrogen-bond acceptors (Lipinski definition) is 4. The van der Waals surface area contributed by atoms with Gasteiger partial charge in [-0.05, 0) is 36.8 Å². The zero-order chi connectivity index (χ0) is 15.8. The predicted molar refractivity (Wildman–Crippen MR) is 86.5 cm³/mol. The van der Waals surface area contributed by atoms with Crippen molar-refractivity contribution in [3.8, 4) is 11.1 Å². The second-order valence-electron chi connectivity index (χ2n) is 4.57. The number of rotatable bonds is 4. The van der Waals surface area contributed by atoms with E-state index in [1.54, 1.807) is 12.1 Å². The van der Waals surface area contributed by atoms with E-state index in [4.69, 9.17) is 17.3 Å². The summed E-state index contributed by atoms with van der Waals surface area (Å²) in [4.78, 5) is 12.8. The summed E-state index contributed by atoms with van der Waals surface area (Å²) in [6.07, 6.45) is 1.05. The smallest absolute Gasteiger partial charge is 0.259 e. The van der Waals surface area contributed by atoms with Crippen molar-refractivity contribution in [3.05, 3.63) is 39.0 Å². The van der Waals surface area contributed by atoms with Crippen molar-refractivity contribution in [2.75, 3.05) is 11.0 Å². The van der Waals surface area contributed by atoms with Crippen LogP contribution in [0, 0.1) is 6.92 Å². The Hall–Kier alpha value is -1.57. The van der Waals surface area contributed by atoms with Crippen LogP contribution in [0.25, 0.3) is 11.1 Å². The van der Waals surface area contributed by atoms with Crippen molar-refractivity contribution >= 4 is 44.6 Å². The van der Waals surface area contributed by atoms with E-state index in [-0.39, 0.29) is 0 Å². The van der Waals surface area contributed by atoms with Crippen LogP contribution in [0.1, 0.15) is 14.5 Å². The molecule has 0 aliphatic heterocycles. The minimum Gasteiger partial charge on any atom is -0.365 e. The molecule has 0 fully saturated rings. The molecule has 3 N–H and O–H groups in total. The molecule has 0 atom stereocenters. The molecule has 8 heteroatoms. The highest BCUT2D eigenvalue weighted by atomic mass is 35.5. The molecule has 1 aromatic heterocycles. The van der Waals surface area contributed by atoms with Gasteiger partial charge >= 0.3 is 0 Å². The third kappa shape index (κ3) is 3.96. The average molecular weight is 345 g/mol. The maximum absolute atomic E-state index is 11.5. The van der Waals surface area contributed by atoms with Gasteiger partial charge in [0, 0.05) is 15.5 Å². The number of nitrogens with two attached hydrogens (primary N) is 1. The summed E-state index contributed by atoms with van der Waals surface area (Å²) >= 11 is 7.31. The molecule has 1 heterocycles. The molecular weight excluding hydrogens is 332 g/mol. The third-order valence-electron chi connectivity index (χ3n) is 2.59. The van der Waals surface area contributed by atoms with Crippen LogP contribution in [0.5, 0.6) is 0 Å². The number of carbonyl (C=O) groups is 1. The van der Waals surface area contributed by atoms with E-state index in [1.165, 1.54) is 17.4 Å². The Morgan fingerprint density at radius 3 is 2.52 bits per heavy atom. The first-order chi connectivity index (χ1) is 9.65. The maximum atomic E-state index is 11.5. The molecule has 0 saturated carbocycles. The molecule has 0 bridgehead atoms. The van der Waals surface area contributed by atoms with Crippen LogP contribution in [-0.4, -0.2) is 20.6 Å². The van der Waals surface area contributed by atoms with Crippen molar-refractivity contribution in [3.63, 3.8) is 0 Å². The standard InChI is InChI=1S/C13H13ClN2O3S2/c1-7-3-11(12(20-7)13(15)17)8-4-9(14)6-10(5-8)16-21(2,18)19/h3-6,16H,1-2H3,(H2,15,17). The van der Waals surface area contributed by atoms with Gasteiger partial charge in [-0.25, -0.2) is 8.42 Å². The topological polar surface area (TPSA) is 89.3 Å². The van der Waals surface area contributed by atoms with Crippen LogP contribution in [0.4, 0.5) is 5.69 Å². The van der Waals surface area contributed by atoms with Crippen molar-refractivity contribution in [2.24, 2.45) is 5.73 Å². The van der Waals surface area contributed by atoms with Crippen LogP contribution in [0.15, 0.2) is 24.3 Å².